The number of phenolic OH excluding ortho intramolecular Hbond substituents is 1. The topological polar surface area (TPSA) is 44.3 Å². The van der Waals surface area contributed by atoms with Crippen molar-refractivity contribution in [2.75, 3.05) is 0 Å². The van der Waals surface area contributed by atoms with E-state index in [1.54, 1.807) is 6.07 Å². The summed E-state index contributed by atoms with van der Waals surface area (Å²) in [7, 11) is 0. The Morgan fingerprint density at radius 3 is 2.39 bits per heavy atom. The van der Waals surface area contributed by atoms with Crippen LogP contribution in [0.2, 0.25) is 0 Å². The van der Waals surface area contributed by atoms with Gasteiger partial charge in [-0.1, -0.05) is 42.5 Å². The molecule has 1 aliphatic heterocycles. The molecule has 2 aromatic carbocycles. The Labute approximate surface area is 106 Å². The van der Waals surface area contributed by atoms with Crippen molar-refractivity contribution in [2.24, 2.45) is 0 Å². The summed E-state index contributed by atoms with van der Waals surface area (Å²) in [6, 6.07) is 17.6. The Balaban J connectivity index is 1.91. The van der Waals surface area contributed by atoms with Gasteiger partial charge in [0.25, 0.3) is 0 Å². The molecule has 0 saturated carbocycles. The molecule has 1 heterocycles. The molecular formula is C15H14N2O. The van der Waals surface area contributed by atoms with Crippen LogP contribution in [0.3, 0.4) is 0 Å². The van der Waals surface area contributed by atoms with Gasteiger partial charge in [0.05, 0.1) is 11.7 Å². The van der Waals surface area contributed by atoms with Crippen LogP contribution in [0.4, 0.5) is 0 Å². The maximum atomic E-state index is 9.82. The maximum Gasteiger partial charge on any atom is 0.124 e. The fourth-order valence-corrected chi connectivity index (χ4v) is 2.10. The molecule has 3 nitrogen and oxygen atoms in total. The van der Waals surface area contributed by atoms with Gasteiger partial charge in [-0.25, -0.2) is 5.43 Å². The van der Waals surface area contributed by atoms with Crippen molar-refractivity contribution in [1.82, 2.24) is 10.9 Å². The Hall–Kier alpha value is -2.26. The molecule has 90 valence electrons. The summed E-state index contributed by atoms with van der Waals surface area (Å²) in [6.45, 7) is 0. The summed E-state index contributed by atoms with van der Waals surface area (Å²) in [4.78, 5) is 0. The molecule has 0 spiro atoms. The van der Waals surface area contributed by atoms with Gasteiger partial charge in [0, 0.05) is 5.56 Å². The van der Waals surface area contributed by atoms with E-state index >= 15 is 0 Å². The molecule has 1 unspecified atom stereocenters. The zero-order valence-corrected chi connectivity index (χ0v) is 9.80. The second-order valence-electron chi connectivity index (χ2n) is 4.26. The molecule has 1 atom stereocenters. The molecule has 0 aromatic heterocycles. The minimum atomic E-state index is 0.126. The number of phenols is 1. The molecule has 0 saturated heterocycles. The first-order valence-electron chi connectivity index (χ1n) is 5.91. The largest absolute Gasteiger partial charge is 0.507 e. The van der Waals surface area contributed by atoms with Crippen LogP contribution < -0.4 is 10.9 Å². The standard InChI is InChI=1S/C15H14N2O/c18-15-9-5-4-8-12(15)14-10-13(16-17-14)11-6-2-1-3-7-11/h1-10,13,16-18H. The zero-order valence-electron chi connectivity index (χ0n) is 9.80. The Morgan fingerprint density at radius 1 is 0.889 bits per heavy atom. The average Bonchev–Trinajstić information content (AvgIpc) is 2.90. The quantitative estimate of drug-likeness (QED) is 0.753. The number of nitrogens with one attached hydrogen (secondary N) is 2. The Bertz CT molecular complexity index is 578. The van der Waals surface area contributed by atoms with Gasteiger partial charge in [-0.2, -0.15) is 0 Å². The average molecular weight is 238 g/mol. The molecular weight excluding hydrogens is 224 g/mol. The summed E-state index contributed by atoms with van der Waals surface area (Å²) in [5.74, 6) is 0.284. The number of aromatic hydroxyl groups is 1. The zero-order chi connectivity index (χ0) is 12.4. The van der Waals surface area contributed by atoms with Crippen LogP contribution in [-0.4, -0.2) is 5.11 Å². The first-order valence-corrected chi connectivity index (χ1v) is 5.91. The monoisotopic (exact) mass is 238 g/mol. The minimum Gasteiger partial charge on any atom is -0.507 e. The van der Waals surface area contributed by atoms with Crippen LogP contribution in [-0.2, 0) is 0 Å². The first-order chi connectivity index (χ1) is 8.84. The Morgan fingerprint density at radius 2 is 1.61 bits per heavy atom. The fourth-order valence-electron chi connectivity index (χ4n) is 2.10. The first kappa shape index (κ1) is 10.9. The van der Waals surface area contributed by atoms with Gasteiger partial charge in [0.15, 0.2) is 0 Å². The highest BCUT2D eigenvalue weighted by atomic mass is 16.3. The highest BCUT2D eigenvalue weighted by molar-refractivity contribution is 5.70. The van der Waals surface area contributed by atoms with E-state index in [1.807, 2.05) is 36.4 Å². The number of para-hydroxylation sites is 1. The predicted octanol–water partition coefficient (Wildman–Crippen LogP) is 2.58. The molecule has 0 bridgehead atoms. The lowest BCUT2D eigenvalue weighted by molar-refractivity contribution is 0.473. The molecule has 0 radical (unpaired) electrons. The molecule has 1 aliphatic rings. The number of hydrogen-bond donors (Lipinski definition) is 3. The maximum absolute atomic E-state index is 9.82. The van der Waals surface area contributed by atoms with E-state index in [-0.39, 0.29) is 11.8 Å². The molecule has 18 heavy (non-hydrogen) atoms. The highest BCUT2D eigenvalue weighted by Crippen LogP contribution is 2.28. The van der Waals surface area contributed by atoms with E-state index in [1.165, 1.54) is 5.56 Å². The third-order valence-corrected chi connectivity index (χ3v) is 3.05. The number of hydrazine groups is 1. The normalized spacial score (nSPS) is 18.2. The lowest BCUT2D eigenvalue weighted by atomic mass is 10.1. The van der Waals surface area contributed by atoms with Crippen LogP contribution in [0.1, 0.15) is 17.2 Å². The molecule has 3 rings (SSSR count). The molecule has 0 amide bonds. The van der Waals surface area contributed by atoms with Crippen molar-refractivity contribution < 1.29 is 5.11 Å². The molecule has 0 aliphatic carbocycles. The van der Waals surface area contributed by atoms with Gasteiger partial charge in [-0.3, -0.25) is 0 Å². The van der Waals surface area contributed by atoms with Gasteiger partial charge in [-0.15, -0.1) is 0 Å². The van der Waals surface area contributed by atoms with Crippen LogP contribution >= 0.6 is 0 Å². The van der Waals surface area contributed by atoms with Gasteiger partial charge in [0.2, 0.25) is 0 Å². The van der Waals surface area contributed by atoms with Crippen LogP contribution in [0, 0.1) is 0 Å². The number of rotatable bonds is 2. The van der Waals surface area contributed by atoms with Crippen LogP contribution in [0.5, 0.6) is 5.75 Å². The van der Waals surface area contributed by atoms with E-state index in [9.17, 15) is 5.11 Å². The summed E-state index contributed by atoms with van der Waals surface area (Å²) in [5.41, 5.74) is 9.21. The number of hydrogen-bond acceptors (Lipinski definition) is 3. The van der Waals surface area contributed by atoms with E-state index < -0.39 is 0 Å². The van der Waals surface area contributed by atoms with Crippen molar-refractivity contribution in [3.63, 3.8) is 0 Å². The Kier molecular flexibility index (Phi) is 2.74. The fraction of sp³-hybridized carbons (Fsp3) is 0.0667. The third kappa shape index (κ3) is 1.96. The smallest absolute Gasteiger partial charge is 0.124 e. The number of benzene rings is 2. The van der Waals surface area contributed by atoms with Crippen LogP contribution in [0.25, 0.3) is 5.70 Å². The van der Waals surface area contributed by atoms with Gasteiger partial charge >= 0.3 is 0 Å². The van der Waals surface area contributed by atoms with Crippen molar-refractivity contribution in [2.45, 2.75) is 6.04 Å². The van der Waals surface area contributed by atoms with E-state index in [0.717, 1.165) is 11.3 Å². The van der Waals surface area contributed by atoms with E-state index in [4.69, 9.17) is 0 Å². The van der Waals surface area contributed by atoms with Gasteiger partial charge in [0.1, 0.15) is 5.75 Å². The minimum absolute atomic E-state index is 0.126. The summed E-state index contributed by atoms with van der Waals surface area (Å²) < 4.78 is 0. The van der Waals surface area contributed by atoms with Gasteiger partial charge in [-0.05, 0) is 23.8 Å². The second-order valence-corrected chi connectivity index (χ2v) is 4.26. The van der Waals surface area contributed by atoms with Crippen molar-refractivity contribution in [3.8, 4) is 5.75 Å². The van der Waals surface area contributed by atoms with E-state index in [0.29, 0.717) is 0 Å². The van der Waals surface area contributed by atoms with E-state index in [2.05, 4.69) is 29.1 Å². The highest BCUT2D eigenvalue weighted by Gasteiger charge is 2.18. The van der Waals surface area contributed by atoms with Crippen molar-refractivity contribution in [3.05, 3.63) is 71.8 Å². The summed E-state index contributed by atoms with van der Waals surface area (Å²) >= 11 is 0. The molecule has 0 fully saturated rings. The SMILES string of the molecule is Oc1ccccc1C1=CC(c2ccccc2)NN1. The lowest BCUT2D eigenvalue weighted by Crippen LogP contribution is -2.26. The van der Waals surface area contributed by atoms with Crippen molar-refractivity contribution in [1.29, 1.82) is 0 Å². The predicted molar refractivity (Wildman–Crippen MR) is 71.5 cm³/mol. The molecule has 2 aromatic rings. The van der Waals surface area contributed by atoms with Crippen LogP contribution in [0.15, 0.2) is 60.7 Å². The third-order valence-electron chi connectivity index (χ3n) is 3.05. The molecule has 3 N–H and O–H groups in total. The van der Waals surface area contributed by atoms with Gasteiger partial charge < -0.3 is 10.5 Å². The van der Waals surface area contributed by atoms with Crippen molar-refractivity contribution >= 4 is 5.70 Å². The lowest BCUT2D eigenvalue weighted by Gasteiger charge is -2.08. The summed E-state index contributed by atoms with van der Waals surface area (Å²) in [6.07, 6.45) is 2.07. The molecule has 3 heteroatoms. The second kappa shape index (κ2) is 4.55. The summed E-state index contributed by atoms with van der Waals surface area (Å²) in [5, 5.41) is 9.82.